The van der Waals surface area contributed by atoms with Gasteiger partial charge in [0.2, 0.25) is 5.89 Å². The van der Waals surface area contributed by atoms with Crippen LogP contribution in [0.15, 0.2) is 180 Å². The minimum absolute atomic E-state index is 0.467. The van der Waals surface area contributed by atoms with Gasteiger partial charge in [-0.05, 0) is 130 Å². The number of hydrogen-bond acceptors (Lipinski definition) is 5. The molecule has 0 saturated heterocycles. The fraction of sp³-hybridized carbons (Fsp3) is 0. The molecule has 0 bridgehead atoms. The minimum Gasteiger partial charge on any atom is -0.436 e. The number of benzene rings is 8. The first-order valence-electron chi connectivity index (χ1n) is 17.4. The molecule has 10 aromatic rings. The van der Waals surface area contributed by atoms with Crippen molar-refractivity contribution < 1.29 is 5.79 Å². The van der Waals surface area contributed by atoms with Crippen LogP contribution in [0.5, 0.6) is 0 Å². The second kappa shape index (κ2) is 12.1. The smallest absolute Gasteiger partial charge is 0.227 e. The van der Waals surface area contributed by atoms with Crippen LogP contribution in [0.1, 0.15) is 1.37 Å². The normalized spacial score (nSPS) is 11.8. The van der Waals surface area contributed by atoms with Gasteiger partial charge in [-0.25, -0.2) is 9.97 Å². The third-order valence-electron chi connectivity index (χ3n) is 9.41. The molecule has 0 aliphatic heterocycles. The van der Waals surface area contributed by atoms with Crippen LogP contribution in [0, 0.1) is 0 Å². The molecule has 0 spiro atoms. The largest absolute Gasteiger partial charge is 0.436 e. The number of oxazole rings is 1. The third-order valence-corrected chi connectivity index (χ3v) is 10.5. The molecule has 0 aliphatic carbocycles. The third kappa shape index (κ3) is 5.41. The maximum Gasteiger partial charge on any atom is 0.227 e. The van der Waals surface area contributed by atoms with Gasteiger partial charge in [0.25, 0.3) is 0 Å². The first-order chi connectivity index (χ1) is 25.6. The predicted molar refractivity (Wildman–Crippen MR) is 213 cm³/mol. The van der Waals surface area contributed by atoms with E-state index in [1.54, 1.807) is 11.3 Å². The first kappa shape index (κ1) is 28.3. The molecule has 0 fully saturated rings. The Morgan fingerprint density at radius 1 is 0.471 bits per heavy atom. The maximum absolute atomic E-state index is 9.26. The molecule has 0 unspecified atom stereocenters. The van der Waals surface area contributed by atoms with E-state index in [0.29, 0.717) is 11.9 Å². The van der Waals surface area contributed by atoms with Crippen molar-refractivity contribution in [2.75, 3.05) is 4.90 Å². The molecule has 240 valence electrons. The van der Waals surface area contributed by atoms with Gasteiger partial charge in [-0.3, -0.25) is 0 Å². The summed E-state index contributed by atoms with van der Waals surface area (Å²) >= 11 is 1.70. The van der Waals surface area contributed by atoms with Gasteiger partial charge in [-0.2, -0.15) is 0 Å². The molecule has 2 heterocycles. The van der Waals surface area contributed by atoms with E-state index < -0.39 is 0 Å². The first-order valence-corrected chi connectivity index (χ1v) is 17.7. The van der Waals surface area contributed by atoms with Crippen LogP contribution in [0.25, 0.3) is 76.0 Å². The van der Waals surface area contributed by atoms with Crippen molar-refractivity contribution >= 4 is 71.3 Å². The molecular formula is C46H29N3OS. The highest BCUT2D eigenvalue weighted by Gasteiger charge is 2.16. The molecule has 2 aromatic heterocycles. The molecule has 5 heteroatoms. The van der Waals surface area contributed by atoms with Crippen molar-refractivity contribution in [3.05, 3.63) is 176 Å². The van der Waals surface area contributed by atoms with Crippen LogP contribution < -0.4 is 4.90 Å². The van der Waals surface area contributed by atoms with Gasteiger partial charge >= 0.3 is 0 Å². The Balaban J connectivity index is 1.06. The molecule has 51 heavy (non-hydrogen) atoms. The van der Waals surface area contributed by atoms with E-state index in [1.165, 1.54) is 15.5 Å². The van der Waals surface area contributed by atoms with E-state index >= 15 is 0 Å². The Kier molecular flexibility index (Phi) is 6.71. The van der Waals surface area contributed by atoms with E-state index in [-0.39, 0.29) is 0 Å². The Hall–Kier alpha value is -6.56. The zero-order valence-electron chi connectivity index (χ0n) is 28.3. The van der Waals surface area contributed by atoms with Crippen LogP contribution in [0.4, 0.5) is 17.1 Å². The number of anilines is 3. The molecule has 0 aliphatic rings. The van der Waals surface area contributed by atoms with Gasteiger partial charge in [0.05, 0.1) is 11.6 Å². The van der Waals surface area contributed by atoms with Crippen molar-refractivity contribution in [2.24, 2.45) is 0 Å². The second-order valence-electron chi connectivity index (χ2n) is 12.6. The van der Waals surface area contributed by atoms with Crippen LogP contribution in [-0.2, 0) is 0 Å². The van der Waals surface area contributed by atoms with E-state index in [2.05, 4.69) is 126 Å². The highest BCUT2D eigenvalue weighted by atomic mass is 32.1. The van der Waals surface area contributed by atoms with Crippen molar-refractivity contribution in [2.45, 2.75) is 0 Å². The lowest BCUT2D eigenvalue weighted by Crippen LogP contribution is -2.09. The zero-order chi connectivity index (χ0) is 34.6. The molecule has 0 atom stereocenters. The number of fused-ring (bicyclic) bond motifs is 4. The Bertz CT molecular complexity index is 2750. The summed E-state index contributed by atoms with van der Waals surface area (Å²) in [5, 5.41) is 5.32. The summed E-state index contributed by atoms with van der Waals surface area (Å²) in [4.78, 5) is 11.8. The molecular weight excluding hydrogens is 643 g/mol. The minimum atomic E-state index is 0.467. The lowest BCUT2D eigenvalue weighted by atomic mass is 9.98. The van der Waals surface area contributed by atoms with Gasteiger partial charge in [0, 0.05) is 28.2 Å². The van der Waals surface area contributed by atoms with Gasteiger partial charge in [-0.1, -0.05) is 78.8 Å². The van der Waals surface area contributed by atoms with Crippen LogP contribution in [0.2, 0.25) is 0 Å². The van der Waals surface area contributed by atoms with Gasteiger partial charge in [0.1, 0.15) is 10.5 Å². The van der Waals surface area contributed by atoms with Crippen molar-refractivity contribution in [1.29, 1.82) is 0 Å². The number of para-hydroxylation sites is 3. The number of rotatable bonds is 6. The highest BCUT2D eigenvalue weighted by Crippen LogP contribution is 2.39. The highest BCUT2D eigenvalue weighted by molar-refractivity contribution is 7.21. The maximum atomic E-state index is 9.26. The van der Waals surface area contributed by atoms with Crippen LogP contribution in [0.3, 0.4) is 0 Å². The van der Waals surface area contributed by atoms with Gasteiger partial charge in [0.15, 0.2) is 5.58 Å². The average molecular weight is 673 g/mol. The van der Waals surface area contributed by atoms with E-state index in [1.807, 2.05) is 48.5 Å². The number of nitrogens with zero attached hydrogens (tertiary/aromatic N) is 3. The summed E-state index contributed by atoms with van der Waals surface area (Å²) in [5.41, 5.74) is 9.64. The topological polar surface area (TPSA) is 42.2 Å². The summed E-state index contributed by atoms with van der Waals surface area (Å²) < 4.78 is 16.5. The number of hydrogen-bond donors (Lipinski definition) is 0. The van der Waals surface area contributed by atoms with Crippen molar-refractivity contribution in [3.63, 3.8) is 0 Å². The van der Waals surface area contributed by atoms with Crippen molar-refractivity contribution in [3.8, 4) is 33.2 Å². The summed E-state index contributed by atoms with van der Waals surface area (Å²) in [5.74, 6) is 0.584. The SMILES string of the molecule is [2H]c1cc(N(c2ccc(-c3nc4ccccc4o3)cc2)c2ccc(-c3nc4ccccc4s3)cc2)cc2ccc(-c3ccc4ccccc4c3)cc12. The quantitative estimate of drug-likeness (QED) is 0.176. The number of thiazole rings is 1. The standard InChI is InChI=1S/C46H29N3OS/c1-2-8-33-27-34(14-13-30(33)7-1)35-15-16-37-29-40(26-21-36(37)28-35)49(38-22-17-31(18-23-38)45-47-41-9-3-5-11-43(41)50-45)39-24-19-32(20-25-39)46-48-42-10-4-6-12-44(42)51-46/h1-29H/i21D. The molecule has 0 N–H and O–H groups in total. The van der Waals surface area contributed by atoms with Crippen LogP contribution in [-0.4, -0.2) is 9.97 Å². The molecule has 8 aromatic carbocycles. The van der Waals surface area contributed by atoms with E-state index in [9.17, 15) is 1.37 Å². The summed E-state index contributed by atoms with van der Waals surface area (Å²) in [6.07, 6.45) is 0. The Morgan fingerprint density at radius 3 is 1.84 bits per heavy atom. The Morgan fingerprint density at radius 2 is 1.08 bits per heavy atom. The predicted octanol–water partition coefficient (Wildman–Crippen LogP) is 13.2. The summed E-state index contributed by atoms with van der Waals surface area (Å²) in [7, 11) is 0. The molecule has 0 amide bonds. The zero-order valence-corrected chi connectivity index (χ0v) is 28.1. The Labute approximate surface area is 299 Å². The monoisotopic (exact) mass is 672 g/mol. The van der Waals surface area contributed by atoms with E-state index in [4.69, 9.17) is 14.4 Å². The fourth-order valence-corrected chi connectivity index (χ4v) is 7.75. The molecule has 10 rings (SSSR count). The van der Waals surface area contributed by atoms with Gasteiger partial charge in [-0.15, -0.1) is 11.3 Å². The lowest BCUT2D eigenvalue weighted by molar-refractivity contribution is 0.620. The van der Waals surface area contributed by atoms with Crippen LogP contribution >= 0.6 is 11.3 Å². The average Bonchev–Trinajstić information content (AvgIpc) is 3.84. The summed E-state index contributed by atoms with van der Waals surface area (Å²) in [6.45, 7) is 0. The fourth-order valence-electron chi connectivity index (χ4n) is 6.78. The van der Waals surface area contributed by atoms with Gasteiger partial charge < -0.3 is 9.32 Å². The second-order valence-corrected chi connectivity index (χ2v) is 13.7. The summed E-state index contributed by atoms with van der Waals surface area (Å²) in [6, 6.07) is 58.8. The molecule has 4 nitrogen and oxygen atoms in total. The molecule has 0 saturated carbocycles. The van der Waals surface area contributed by atoms with E-state index in [0.717, 1.165) is 71.7 Å². The number of aromatic nitrogens is 2. The van der Waals surface area contributed by atoms with Crippen molar-refractivity contribution in [1.82, 2.24) is 9.97 Å². The molecule has 0 radical (unpaired) electrons. The lowest BCUT2D eigenvalue weighted by Gasteiger charge is -2.26.